The van der Waals surface area contributed by atoms with Gasteiger partial charge in [-0.15, -0.1) is 0 Å². The van der Waals surface area contributed by atoms with Gasteiger partial charge in [-0.1, -0.05) is 6.07 Å². The second kappa shape index (κ2) is 4.14. The first kappa shape index (κ1) is 11.5. The fourth-order valence-corrected chi connectivity index (χ4v) is 3.35. The summed E-state index contributed by atoms with van der Waals surface area (Å²) in [5.41, 5.74) is 0.745. The van der Waals surface area contributed by atoms with Gasteiger partial charge >= 0.3 is 0 Å². The summed E-state index contributed by atoms with van der Waals surface area (Å²) in [4.78, 5) is -0.158. The van der Waals surface area contributed by atoms with E-state index >= 15 is 0 Å². The molecule has 88 valence electrons. The van der Waals surface area contributed by atoms with Crippen molar-refractivity contribution in [2.75, 3.05) is 7.05 Å². The summed E-state index contributed by atoms with van der Waals surface area (Å²) >= 11 is 0. The molecule has 3 nitrogen and oxygen atoms in total. The van der Waals surface area contributed by atoms with Crippen LogP contribution in [0.4, 0.5) is 4.39 Å². The third kappa shape index (κ3) is 2.10. The second-order valence-electron chi connectivity index (χ2n) is 4.04. The lowest BCUT2D eigenvalue weighted by Crippen LogP contribution is -2.11. The van der Waals surface area contributed by atoms with E-state index in [9.17, 15) is 12.8 Å². The lowest BCUT2D eigenvalue weighted by atomic mass is 10.2. The summed E-state index contributed by atoms with van der Waals surface area (Å²) in [5, 5.41) is 2.52. The van der Waals surface area contributed by atoms with E-state index < -0.39 is 15.7 Å². The van der Waals surface area contributed by atoms with Crippen molar-refractivity contribution in [1.29, 1.82) is 0 Å². The highest BCUT2D eigenvalue weighted by Crippen LogP contribution is 2.34. The van der Waals surface area contributed by atoms with Crippen LogP contribution in [0.2, 0.25) is 0 Å². The molecule has 0 atom stereocenters. The van der Waals surface area contributed by atoms with Crippen molar-refractivity contribution >= 4 is 9.84 Å². The van der Waals surface area contributed by atoms with Gasteiger partial charge in [0.15, 0.2) is 9.84 Å². The predicted molar refractivity (Wildman–Crippen MR) is 59.4 cm³/mol. The Labute approximate surface area is 94.6 Å². The maximum absolute atomic E-state index is 13.7. The molecule has 1 fully saturated rings. The topological polar surface area (TPSA) is 46.2 Å². The molecule has 2 rings (SSSR count). The van der Waals surface area contributed by atoms with E-state index in [0.717, 1.165) is 5.56 Å². The van der Waals surface area contributed by atoms with E-state index in [1.54, 1.807) is 13.1 Å². The second-order valence-corrected chi connectivity index (χ2v) is 6.24. The van der Waals surface area contributed by atoms with Crippen molar-refractivity contribution in [1.82, 2.24) is 5.32 Å². The van der Waals surface area contributed by atoms with Crippen LogP contribution in [0, 0.1) is 5.82 Å². The molecule has 0 radical (unpaired) electrons. The monoisotopic (exact) mass is 243 g/mol. The van der Waals surface area contributed by atoms with Gasteiger partial charge < -0.3 is 5.32 Å². The summed E-state index contributed by atoms with van der Waals surface area (Å²) in [6.07, 6.45) is 1.31. The minimum atomic E-state index is -3.42. The average molecular weight is 243 g/mol. The molecule has 0 unspecified atom stereocenters. The van der Waals surface area contributed by atoms with Crippen LogP contribution in [0.15, 0.2) is 23.1 Å². The molecule has 0 saturated heterocycles. The van der Waals surface area contributed by atoms with Crippen molar-refractivity contribution in [3.8, 4) is 0 Å². The van der Waals surface area contributed by atoms with Crippen molar-refractivity contribution in [3.63, 3.8) is 0 Å². The molecule has 1 aromatic carbocycles. The van der Waals surface area contributed by atoms with Gasteiger partial charge in [0.25, 0.3) is 0 Å². The molecule has 1 aliphatic rings. The Bertz CT molecular complexity index is 495. The van der Waals surface area contributed by atoms with Gasteiger partial charge in [0.2, 0.25) is 0 Å². The zero-order chi connectivity index (χ0) is 11.8. The molecule has 0 aliphatic heterocycles. The summed E-state index contributed by atoms with van der Waals surface area (Å²) in [7, 11) is -1.67. The van der Waals surface area contributed by atoms with Gasteiger partial charge in [-0.2, -0.15) is 0 Å². The molecule has 1 saturated carbocycles. The molecule has 5 heteroatoms. The highest BCUT2D eigenvalue weighted by molar-refractivity contribution is 7.92. The number of sulfone groups is 1. The third-order valence-corrected chi connectivity index (χ3v) is 4.94. The maximum atomic E-state index is 13.7. The zero-order valence-electron chi connectivity index (χ0n) is 9.03. The number of nitrogens with one attached hydrogen (secondary N) is 1. The molecule has 0 amide bonds. The van der Waals surface area contributed by atoms with Gasteiger partial charge in [-0.3, -0.25) is 0 Å². The van der Waals surface area contributed by atoms with E-state index in [-0.39, 0.29) is 10.1 Å². The fraction of sp³-hybridized carbons (Fsp3) is 0.455. The Morgan fingerprint density at radius 3 is 2.62 bits per heavy atom. The molecule has 0 aromatic heterocycles. The van der Waals surface area contributed by atoms with Gasteiger partial charge in [0.05, 0.1) is 5.25 Å². The van der Waals surface area contributed by atoms with E-state index in [1.165, 1.54) is 12.1 Å². The first-order valence-corrected chi connectivity index (χ1v) is 6.77. The van der Waals surface area contributed by atoms with Gasteiger partial charge in [-0.05, 0) is 37.6 Å². The minimum absolute atomic E-state index is 0.158. The van der Waals surface area contributed by atoms with E-state index in [1.807, 2.05) is 0 Å². The molecule has 1 aliphatic carbocycles. The smallest absolute Gasteiger partial charge is 0.184 e. The highest BCUT2D eigenvalue weighted by Gasteiger charge is 2.38. The van der Waals surface area contributed by atoms with E-state index in [0.29, 0.717) is 19.4 Å². The minimum Gasteiger partial charge on any atom is -0.316 e. The van der Waals surface area contributed by atoms with Crippen LogP contribution in [0.5, 0.6) is 0 Å². The number of rotatable bonds is 4. The predicted octanol–water partition coefficient (Wildman–Crippen LogP) is 1.48. The zero-order valence-corrected chi connectivity index (χ0v) is 9.85. The molecule has 1 N–H and O–H groups in total. The summed E-state index contributed by atoms with van der Waals surface area (Å²) < 4.78 is 37.3. The number of hydrogen-bond donors (Lipinski definition) is 1. The molecule has 16 heavy (non-hydrogen) atoms. The molecular weight excluding hydrogens is 229 g/mol. The SMILES string of the molecule is CNCc1ccc(S(=O)(=O)C2CC2)c(F)c1. The first-order valence-electron chi connectivity index (χ1n) is 5.22. The van der Waals surface area contributed by atoms with Crippen LogP contribution in [-0.4, -0.2) is 20.7 Å². The summed E-state index contributed by atoms with van der Waals surface area (Å²) in [5.74, 6) is -0.639. The van der Waals surface area contributed by atoms with Crippen LogP contribution in [0.3, 0.4) is 0 Å². The Morgan fingerprint density at radius 1 is 1.44 bits per heavy atom. The Kier molecular flexibility index (Phi) is 2.99. The number of halogens is 1. The molecule has 0 heterocycles. The lowest BCUT2D eigenvalue weighted by molar-refractivity contribution is 0.564. The standard InChI is InChI=1S/C11H14FNO2S/c1-13-7-8-2-5-11(10(12)6-8)16(14,15)9-3-4-9/h2,5-6,9,13H,3-4,7H2,1H3. The van der Waals surface area contributed by atoms with Crippen LogP contribution in [0.1, 0.15) is 18.4 Å². The fourth-order valence-electron chi connectivity index (χ4n) is 1.65. The number of hydrogen-bond acceptors (Lipinski definition) is 3. The first-order chi connectivity index (χ1) is 7.55. The van der Waals surface area contributed by atoms with Gasteiger partial charge in [0, 0.05) is 6.54 Å². The van der Waals surface area contributed by atoms with E-state index in [2.05, 4.69) is 5.32 Å². The van der Waals surface area contributed by atoms with Gasteiger partial charge in [0.1, 0.15) is 10.7 Å². The Hall–Kier alpha value is -0.940. The Balaban J connectivity index is 2.36. The van der Waals surface area contributed by atoms with Gasteiger partial charge in [-0.25, -0.2) is 12.8 Å². The summed E-state index contributed by atoms with van der Waals surface area (Å²) in [6, 6.07) is 4.30. The van der Waals surface area contributed by atoms with Crippen molar-refractivity contribution < 1.29 is 12.8 Å². The van der Waals surface area contributed by atoms with Crippen molar-refractivity contribution in [2.45, 2.75) is 29.5 Å². The normalized spacial score (nSPS) is 16.4. The third-order valence-electron chi connectivity index (χ3n) is 2.65. The lowest BCUT2D eigenvalue weighted by Gasteiger charge is -2.06. The molecule has 0 bridgehead atoms. The number of benzene rings is 1. The van der Waals surface area contributed by atoms with Crippen LogP contribution < -0.4 is 5.32 Å². The molecule has 1 aromatic rings. The van der Waals surface area contributed by atoms with E-state index in [4.69, 9.17) is 0 Å². The van der Waals surface area contributed by atoms with Crippen LogP contribution in [-0.2, 0) is 16.4 Å². The van der Waals surface area contributed by atoms with Crippen LogP contribution >= 0.6 is 0 Å². The highest BCUT2D eigenvalue weighted by atomic mass is 32.2. The quantitative estimate of drug-likeness (QED) is 0.871. The summed E-state index contributed by atoms with van der Waals surface area (Å²) in [6.45, 7) is 0.528. The largest absolute Gasteiger partial charge is 0.316 e. The van der Waals surface area contributed by atoms with Crippen molar-refractivity contribution in [2.24, 2.45) is 0 Å². The Morgan fingerprint density at radius 2 is 2.12 bits per heavy atom. The van der Waals surface area contributed by atoms with Crippen molar-refractivity contribution in [3.05, 3.63) is 29.6 Å². The molecule has 0 spiro atoms. The van der Waals surface area contributed by atoms with Crippen LogP contribution in [0.25, 0.3) is 0 Å². The average Bonchev–Trinajstić information content (AvgIpc) is 3.00. The molecular formula is C11H14FNO2S. The maximum Gasteiger partial charge on any atom is 0.184 e.